The van der Waals surface area contributed by atoms with Gasteiger partial charge in [0, 0.05) is 46.7 Å². The molecule has 1 fully saturated rings. The number of hydrogen-bond donors (Lipinski definition) is 2. The molecule has 2 N–H and O–H groups in total. The van der Waals surface area contributed by atoms with Gasteiger partial charge in [0.05, 0.1) is 0 Å². The fourth-order valence-electron chi connectivity index (χ4n) is 2.46. The molecule has 21 heavy (non-hydrogen) atoms. The van der Waals surface area contributed by atoms with Gasteiger partial charge in [-0.15, -0.1) is 24.0 Å². The van der Waals surface area contributed by atoms with E-state index in [1.807, 2.05) is 25.7 Å². The van der Waals surface area contributed by atoms with Crippen LogP contribution in [0.1, 0.15) is 39.5 Å². The van der Waals surface area contributed by atoms with Crippen LogP contribution in [0.25, 0.3) is 0 Å². The Hall–Kier alpha value is 0.500. The Morgan fingerprint density at radius 1 is 1.48 bits per heavy atom. The summed E-state index contributed by atoms with van der Waals surface area (Å²) in [5.41, 5.74) is 0. The molecule has 0 heterocycles. The van der Waals surface area contributed by atoms with Gasteiger partial charge in [0.1, 0.15) is 0 Å². The summed E-state index contributed by atoms with van der Waals surface area (Å²) in [5.74, 6) is 1.65. The lowest BCUT2D eigenvalue weighted by Crippen LogP contribution is -2.47. The van der Waals surface area contributed by atoms with Crippen LogP contribution in [0.5, 0.6) is 0 Å². The smallest absolute Gasteiger partial charge is 0.191 e. The van der Waals surface area contributed by atoms with Crippen LogP contribution >= 0.6 is 35.7 Å². The van der Waals surface area contributed by atoms with Crippen molar-refractivity contribution < 1.29 is 4.21 Å². The van der Waals surface area contributed by atoms with Crippen molar-refractivity contribution >= 4 is 52.5 Å². The van der Waals surface area contributed by atoms with Gasteiger partial charge >= 0.3 is 0 Å². The summed E-state index contributed by atoms with van der Waals surface area (Å²) >= 11 is 1.85. The van der Waals surface area contributed by atoms with Crippen LogP contribution in [0.2, 0.25) is 0 Å². The van der Waals surface area contributed by atoms with Crippen LogP contribution in [-0.2, 0) is 10.8 Å². The van der Waals surface area contributed by atoms with Crippen LogP contribution in [0, 0.1) is 0 Å². The lowest BCUT2D eigenvalue weighted by Gasteiger charge is -2.30. The minimum absolute atomic E-state index is 0. The zero-order valence-corrected chi connectivity index (χ0v) is 17.5. The quantitative estimate of drug-likeness (QED) is 0.374. The maximum Gasteiger partial charge on any atom is 0.191 e. The lowest BCUT2D eigenvalue weighted by atomic mass is 9.95. The second kappa shape index (κ2) is 12.0. The van der Waals surface area contributed by atoms with Crippen molar-refractivity contribution in [3.05, 3.63) is 0 Å². The van der Waals surface area contributed by atoms with E-state index in [9.17, 15) is 4.21 Å². The minimum atomic E-state index is -0.667. The molecule has 4 atom stereocenters. The first-order chi connectivity index (χ1) is 9.60. The van der Waals surface area contributed by atoms with E-state index in [0.29, 0.717) is 16.5 Å². The van der Waals surface area contributed by atoms with E-state index in [1.54, 1.807) is 0 Å². The van der Waals surface area contributed by atoms with E-state index in [2.05, 4.69) is 28.8 Å². The maximum absolute atomic E-state index is 12.0. The van der Waals surface area contributed by atoms with Gasteiger partial charge in [-0.1, -0.05) is 20.3 Å². The standard InChI is InChI=1S/C14H29N3OS2.HI/c1-5-20(18)13-8-6-7-12(9-13)17-14(15-3)16-10-11(2)19-4;/h11-13H,5-10H2,1-4H3,(H2,15,16,17);1H. The van der Waals surface area contributed by atoms with Crippen molar-refractivity contribution in [3.8, 4) is 0 Å². The minimum Gasteiger partial charge on any atom is -0.355 e. The summed E-state index contributed by atoms with van der Waals surface area (Å²) in [6.45, 7) is 5.13. The van der Waals surface area contributed by atoms with Crippen LogP contribution in [0.15, 0.2) is 4.99 Å². The first kappa shape index (κ1) is 21.5. The van der Waals surface area contributed by atoms with E-state index in [4.69, 9.17) is 0 Å². The summed E-state index contributed by atoms with van der Waals surface area (Å²) in [6.07, 6.45) is 6.53. The van der Waals surface area contributed by atoms with Crippen molar-refractivity contribution in [3.63, 3.8) is 0 Å². The predicted molar refractivity (Wildman–Crippen MR) is 108 cm³/mol. The van der Waals surface area contributed by atoms with Crippen LogP contribution < -0.4 is 10.6 Å². The Labute approximate surface area is 153 Å². The summed E-state index contributed by atoms with van der Waals surface area (Å²) in [5, 5.41) is 7.78. The normalized spacial score (nSPS) is 25.6. The predicted octanol–water partition coefficient (Wildman–Crippen LogP) is 2.60. The molecule has 4 unspecified atom stereocenters. The molecule has 0 amide bonds. The molecule has 0 radical (unpaired) electrons. The fraction of sp³-hybridized carbons (Fsp3) is 0.929. The number of nitrogens with zero attached hydrogens (tertiary/aromatic N) is 1. The molecule has 126 valence electrons. The van der Waals surface area contributed by atoms with Crippen molar-refractivity contribution in [2.24, 2.45) is 4.99 Å². The zero-order valence-electron chi connectivity index (χ0n) is 13.6. The lowest BCUT2D eigenvalue weighted by molar-refractivity contribution is 0.413. The Morgan fingerprint density at radius 3 is 2.76 bits per heavy atom. The first-order valence-corrected chi connectivity index (χ1v) is 10.1. The molecule has 1 rings (SSSR count). The Kier molecular flexibility index (Phi) is 12.3. The van der Waals surface area contributed by atoms with Crippen molar-refractivity contribution in [1.29, 1.82) is 0 Å². The van der Waals surface area contributed by atoms with Gasteiger partial charge in [0.15, 0.2) is 5.96 Å². The monoisotopic (exact) mass is 447 g/mol. The Morgan fingerprint density at radius 2 is 2.19 bits per heavy atom. The van der Waals surface area contributed by atoms with Crippen LogP contribution in [0.3, 0.4) is 0 Å². The van der Waals surface area contributed by atoms with Crippen molar-refractivity contribution in [1.82, 2.24) is 10.6 Å². The number of rotatable bonds is 6. The summed E-state index contributed by atoms with van der Waals surface area (Å²) in [4.78, 5) is 4.29. The van der Waals surface area contributed by atoms with E-state index < -0.39 is 10.8 Å². The first-order valence-electron chi connectivity index (χ1n) is 7.47. The molecule has 0 spiro atoms. The molecular weight excluding hydrogens is 417 g/mol. The van der Waals surface area contributed by atoms with Gasteiger partial charge in [-0.05, 0) is 25.5 Å². The number of thioether (sulfide) groups is 1. The average molecular weight is 447 g/mol. The highest BCUT2D eigenvalue weighted by molar-refractivity contribution is 14.0. The second-order valence-electron chi connectivity index (χ2n) is 5.30. The maximum atomic E-state index is 12.0. The topological polar surface area (TPSA) is 53.5 Å². The van der Waals surface area contributed by atoms with Gasteiger partial charge in [-0.2, -0.15) is 11.8 Å². The molecular formula is C14H30IN3OS2. The van der Waals surface area contributed by atoms with Crippen molar-refractivity contribution in [2.75, 3.05) is 25.6 Å². The third-order valence-electron chi connectivity index (χ3n) is 3.81. The molecule has 7 heteroatoms. The molecule has 1 aliphatic carbocycles. The number of nitrogens with one attached hydrogen (secondary N) is 2. The Bertz CT molecular complexity index is 342. The molecule has 1 aliphatic rings. The summed E-state index contributed by atoms with van der Waals surface area (Å²) in [6, 6.07) is 0.403. The molecule has 0 aromatic rings. The fourth-order valence-corrected chi connectivity index (χ4v) is 4.06. The molecule has 0 aromatic heterocycles. The summed E-state index contributed by atoms with van der Waals surface area (Å²) in [7, 11) is 1.14. The largest absolute Gasteiger partial charge is 0.355 e. The molecule has 0 aromatic carbocycles. The molecule has 4 nitrogen and oxygen atoms in total. The number of guanidine groups is 1. The third-order valence-corrected chi connectivity index (χ3v) is 6.52. The van der Waals surface area contributed by atoms with Crippen molar-refractivity contribution in [2.45, 2.75) is 56.1 Å². The molecule has 0 bridgehead atoms. The van der Waals surface area contributed by atoms with Crippen LogP contribution in [-0.4, -0.2) is 52.3 Å². The zero-order chi connectivity index (χ0) is 15.0. The highest BCUT2D eigenvalue weighted by Crippen LogP contribution is 2.22. The van der Waals surface area contributed by atoms with Crippen LogP contribution in [0.4, 0.5) is 0 Å². The van der Waals surface area contributed by atoms with E-state index in [-0.39, 0.29) is 24.0 Å². The second-order valence-corrected chi connectivity index (χ2v) is 8.58. The molecule has 0 aliphatic heterocycles. The number of aliphatic imine (C=N–C) groups is 1. The number of halogens is 1. The average Bonchev–Trinajstić information content (AvgIpc) is 2.50. The number of hydrogen-bond acceptors (Lipinski definition) is 3. The highest BCUT2D eigenvalue weighted by atomic mass is 127. The van der Waals surface area contributed by atoms with E-state index in [0.717, 1.165) is 43.9 Å². The highest BCUT2D eigenvalue weighted by Gasteiger charge is 2.25. The molecule has 0 saturated heterocycles. The van der Waals surface area contributed by atoms with E-state index >= 15 is 0 Å². The van der Waals surface area contributed by atoms with Gasteiger partial charge in [0.2, 0.25) is 0 Å². The Balaban J connectivity index is 0.00000400. The van der Waals surface area contributed by atoms with Gasteiger partial charge in [0.25, 0.3) is 0 Å². The van der Waals surface area contributed by atoms with Gasteiger partial charge < -0.3 is 10.6 Å². The SMILES string of the molecule is CCS(=O)C1CCCC(NC(=NC)NCC(C)SC)C1.I. The van der Waals surface area contributed by atoms with Gasteiger partial charge in [-0.3, -0.25) is 9.20 Å². The summed E-state index contributed by atoms with van der Waals surface area (Å²) < 4.78 is 12.0. The van der Waals surface area contributed by atoms with Gasteiger partial charge in [-0.25, -0.2) is 0 Å². The third kappa shape index (κ3) is 8.06. The van der Waals surface area contributed by atoms with E-state index in [1.165, 1.54) is 0 Å². The molecule has 1 saturated carbocycles.